The summed E-state index contributed by atoms with van der Waals surface area (Å²) in [5.74, 6) is 0.742. The Labute approximate surface area is 251 Å². The van der Waals surface area contributed by atoms with Gasteiger partial charge < -0.3 is 9.64 Å². The van der Waals surface area contributed by atoms with Crippen LogP contribution < -0.4 is 15.0 Å². The number of anilines is 2. The zero-order valence-electron chi connectivity index (χ0n) is 22.7. The summed E-state index contributed by atoms with van der Waals surface area (Å²) in [5, 5.41) is 11.5. The predicted molar refractivity (Wildman–Crippen MR) is 169 cm³/mol. The zero-order chi connectivity index (χ0) is 28.3. The molecule has 42 heavy (non-hydrogen) atoms. The monoisotopic (exact) mass is 592 g/mol. The molecular weight excluding hydrogens is 565 g/mol. The van der Waals surface area contributed by atoms with Crippen molar-refractivity contribution in [2.24, 2.45) is 0 Å². The lowest BCUT2D eigenvalue weighted by Crippen LogP contribution is -2.32. The topological polar surface area (TPSA) is 96.0 Å². The molecule has 1 amide bonds. The number of carbonyl (C=O) groups excluding carboxylic acids is 1. The van der Waals surface area contributed by atoms with Gasteiger partial charge in [-0.3, -0.25) is 15.2 Å². The summed E-state index contributed by atoms with van der Waals surface area (Å²) in [4.78, 5) is 26.2. The Balaban J connectivity index is 0.954. The number of aromatic nitrogens is 4. The molecule has 0 fully saturated rings. The van der Waals surface area contributed by atoms with Crippen LogP contribution in [0.2, 0.25) is 0 Å². The van der Waals surface area contributed by atoms with Gasteiger partial charge in [-0.25, -0.2) is 9.97 Å². The highest BCUT2D eigenvalue weighted by atomic mass is 32.1. The van der Waals surface area contributed by atoms with E-state index in [1.807, 2.05) is 79.3 Å². The zero-order valence-corrected chi connectivity index (χ0v) is 24.4. The van der Waals surface area contributed by atoms with Gasteiger partial charge in [0.1, 0.15) is 5.75 Å². The average Bonchev–Trinajstić information content (AvgIpc) is 3.80. The lowest BCUT2D eigenvalue weighted by molar-refractivity contribution is 0.102. The fourth-order valence-corrected chi connectivity index (χ4v) is 7.03. The largest absolute Gasteiger partial charge is 0.494 e. The molecule has 0 saturated carbocycles. The van der Waals surface area contributed by atoms with E-state index in [0.717, 1.165) is 63.6 Å². The van der Waals surface area contributed by atoms with Crippen LogP contribution in [0.15, 0.2) is 85.3 Å². The van der Waals surface area contributed by atoms with Crippen molar-refractivity contribution in [2.45, 2.75) is 25.8 Å². The molecule has 0 unspecified atom stereocenters. The Morgan fingerprint density at radius 2 is 1.90 bits per heavy atom. The summed E-state index contributed by atoms with van der Waals surface area (Å²) in [6.07, 6.45) is 8.35. The Kier molecular flexibility index (Phi) is 7.38. The molecule has 7 rings (SSSR count). The fourth-order valence-electron chi connectivity index (χ4n) is 5.19. The van der Waals surface area contributed by atoms with E-state index in [-0.39, 0.29) is 5.91 Å². The van der Waals surface area contributed by atoms with E-state index in [1.165, 1.54) is 21.8 Å². The van der Waals surface area contributed by atoms with Gasteiger partial charge in [-0.2, -0.15) is 5.10 Å². The van der Waals surface area contributed by atoms with Gasteiger partial charge >= 0.3 is 0 Å². The number of rotatable bonds is 9. The second-order valence-electron chi connectivity index (χ2n) is 10.1. The first-order valence-corrected chi connectivity index (χ1v) is 15.5. The number of fused-ring (bicyclic) bond motifs is 2. The van der Waals surface area contributed by atoms with Crippen LogP contribution in [0.5, 0.6) is 5.75 Å². The number of para-hydroxylation sites is 1. The Hall–Kier alpha value is -4.54. The van der Waals surface area contributed by atoms with E-state index in [4.69, 9.17) is 9.72 Å². The number of benzene rings is 3. The SMILES string of the molecule is O=C(Nc1nc2ccccc2s1)c1cccc2c1CN(c1ncc(CCCOc3ccc(-c4cn[nH]c4)cc3)s1)CC2. The molecule has 3 aromatic heterocycles. The normalized spacial score (nSPS) is 12.8. The predicted octanol–water partition coefficient (Wildman–Crippen LogP) is 6.97. The molecule has 1 aliphatic rings. The molecule has 3 aromatic carbocycles. The van der Waals surface area contributed by atoms with Gasteiger partial charge in [-0.15, -0.1) is 11.3 Å². The summed E-state index contributed by atoms with van der Waals surface area (Å²) in [7, 11) is 0. The van der Waals surface area contributed by atoms with E-state index in [1.54, 1.807) is 11.3 Å². The third-order valence-electron chi connectivity index (χ3n) is 7.37. The molecule has 0 aliphatic carbocycles. The van der Waals surface area contributed by atoms with Crippen molar-refractivity contribution in [1.82, 2.24) is 20.2 Å². The standard InChI is InChI=1S/C32H28N6O2S2/c39-30(37-31-36-28-8-1-2-9-29(28)42-31)26-7-3-5-22-14-15-38(20-27(22)26)32-33-19-25(41-32)6-4-16-40-24-12-10-21(11-13-24)23-17-34-35-18-23/h1-3,5,7-13,17-19H,4,6,14-16,20H2,(H,34,35)(H,36,37,39). The van der Waals surface area contributed by atoms with Crippen molar-refractivity contribution in [3.63, 3.8) is 0 Å². The maximum Gasteiger partial charge on any atom is 0.257 e. The first-order valence-electron chi connectivity index (χ1n) is 13.9. The van der Waals surface area contributed by atoms with Crippen molar-refractivity contribution in [1.29, 1.82) is 0 Å². The van der Waals surface area contributed by atoms with E-state index >= 15 is 0 Å². The summed E-state index contributed by atoms with van der Waals surface area (Å²) >= 11 is 3.21. The van der Waals surface area contributed by atoms with Crippen LogP contribution in [0.1, 0.15) is 32.8 Å². The summed E-state index contributed by atoms with van der Waals surface area (Å²) in [6.45, 7) is 2.17. The quantitative estimate of drug-likeness (QED) is 0.176. The first-order chi connectivity index (χ1) is 20.7. The average molecular weight is 593 g/mol. The molecule has 0 spiro atoms. The number of amides is 1. The fraction of sp³-hybridized carbons (Fsp3) is 0.188. The van der Waals surface area contributed by atoms with Crippen molar-refractivity contribution >= 4 is 49.1 Å². The van der Waals surface area contributed by atoms with Crippen LogP contribution in [-0.4, -0.2) is 39.2 Å². The van der Waals surface area contributed by atoms with Crippen LogP contribution in [0.4, 0.5) is 10.3 Å². The molecule has 0 atom stereocenters. The number of nitrogens with one attached hydrogen (secondary N) is 2. The third-order valence-corrected chi connectivity index (χ3v) is 9.44. The molecule has 210 valence electrons. The van der Waals surface area contributed by atoms with Gasteiger partial charge in [-0.05, 0) is 66.3 Å². The van der Waals surface area contributed by atoms with Gasteiger partial charge in [-0.1, -0.05) is 47.7 Å². The number of carbonyl (C=O) groups is 1. The Morgan fingerprint density at radius 1 is 1.00 bits per heavy atom. The number of thiazole rings is 2. The maximum absolute atomic E-state index is 13.3. The summed E-state index contributed by atoms with van der Waals surface area (Å²) < 4.78 is 7.02. The molecule has 2 N–H and O–H groups in total. The van der Waals surface area contributed by atoms with Crippen molar-refractivity contribution in [2.75, 3.05) is 23.4 Å². The molecule has 10 heteroatoms. The lowest BCUT2D eigenvalue weighted by Gasteiger charge is -2.29. The number of aryl methyl sites for hydroxylation is 1. The molecule has 6 aromatic rings. The summed E-state index contributed by atoms with van der Waals surface area (Å²) in [6, 6.07) is 22.0. The van der Waals surface area contributed by atoms with E-state index < -0.39 is 0 Å². The van der Waals surface area contributed by atoms with E-state index in [0.29, 0.717) is 23.8 Å². The highest BCUT2D eigenvalue weighted by molar-refractivity contribution is 7.22. The Morgan fingerprint density at radius 3 is 2.76 bits per heavy atom. The second kappa shape index (κ2) is 11.8. The molecule has 4 heterocycles. The minimum atomic E-state index is -0.122. The van der Waals surface area contributed by atoms with Crippen molar-refractivity contribution in [3.8, 4) is 16.9 Å². The molecule has 0 bridgehead atoms. The Bertz CT molecular complexity index is 1790. The van der Waals surface area contributed by atoms with Gasteiger partial charge in [0.2, 0.25) is 0 Å². The minimum absolute atomic E-state index is 0.122. The number of aromatic amines is 1. The van der Waals surface area contributed by atoms with Crippen molar-refractivity contribution < 1.29 is 9.53 Å². The maximum atomic E-state index is 13.3. The van der Waals surface area contributed by atoms with Crippen LogP contribution >= 0.6 is 22.7 Å². The lowest BCUT2D eigenvalue weighted by atomic mass is 9.94. The van der Waals surface area contributed by atoms with Gasteiger partial charge in [0.15, 0.2) is 10.3 Å². The highest BCUT2D eigenvalue weighted by Crippen LogP contribution is 2.32. The number of hydrogen-bond donors (Lipinski definition) is 2. The first kappa shape index (κ1) is 26.4. The molecule has 1 aliphatic heterocycles. The molecule has 8 nitrogen and oxygen atoms in total. The number of nitrogens with zero attached hydrogens (tertiary/aromatic N) is 4. The van der Waals surface area contributed by atoms with Crippen LogP contribution in [0.3, 0.4) is 0 Å². The minimum Gasteiger partial charge on any atom is -0.494 e. The molecular formula is C32H28N6O2S2. The van der Waals surface area contributed by atoms with Crippen molar-refractivity contribution in [3.05, 3.63) is 107 Å². The molecule has 0 saturated heterocycles. The smallest absolute Gasteiger partial charge is 0.257 e. The van der Waals surface area contributed by atoms with Crippen LogP contribution in [-0.2, 0) is 19.4 Å². The van der Waals surface area contributed by atoms with Gasteiger partial charge in [0, 0.05) is 41.5 Å². The van der Waals surface area contributed by atoms with Gasteiger partial charge in [0.25, 0.3) is 5.91 Å². The van der Waals surface area contributed by atoms with Crippen LogP contribution in [0.25, 0.3) is 21.3 Å². The number of H-pyrrole nitrogens is 1. The number of ether oxygens (including phenoxy) is 1. The highest BCUT2D eigenvalue weighted by Gasteiger charge is 2.24. The third kappa shape index (κ3) is 5.63. The van der Waals surface area contributed by atoms with Gasteiger partial charge in [0.05, 0.1) is 23.0 Å². The number of hydrogen-bond acceptors (Lipinski definition) is 8. The molecule has 0 radical (unpaired) electrons. The van der Waals surface area contributed by atoms with Crippen LogP contribution in [0, 0.1) is 0 Å². The summed E-state index contributed by atoms with van der Waals surface area (Å²) in [5.41, 5.74) is 6.04. The second-order valence-corrected chi connectivity index (χ2v) is 12.3. The van der Waals surface area contributed by atoms with E-state index in [2.05, 4.69) is 31.5 Å². The van der Waals surface area contributed by atoms with E-state index in [9.17, 15) is 4.79 Å².